The highest BCUT2D eigenvalue weighted by atomic mass is 15.3. The molecule has 1 atom stereocenters. The third-order valence-corrected chi connectivity index (χ3v) is 6.08. The molecular weight excluding hydrogens is 310 g/mol. The smallest absolute Gasteiger partial charge is 0.193 e. The van der Waals surface area contributed by atoms with Crippen LogP contribution in [0.25, 0.3) is 0 Å². The summed E-state index contributed by atoms with van der Waals surface area (Å²) in [5, 5.41) is 3.52. The van der Waals surface area contributed by atoms with Crippen LogP contribution < -0.4 is 5.32 Å². The van der Waals surface area contributed by atoms with Gasteiger partial charge in [-0.05, 0) is 71.2 Å². The van der Waals surface area contributed by atoms with Crippen LogP contribution in [0.3, 0.4) is 0 Å². The van der Waals surface area contributed by atoms with E-state index in [1.807, 2.05) is 0 Å². The molecule has 0 aliphatic carbocycles. The Balaban J connectivity index is 1.80. The molecule has 0 aromatic carbocycles. The molecule has 1 N–H and O–H groups in total. The van der Waals surface area contributed by atoms with Crippen molar-refractivity contribution >= 4 is 5.96 Å². The second kappa shape index (κ2) is 11.0. The van der Waals surface area contributed by atoms with Gasteiger partial charge in [0.25, 0.3) is 0 Å². The number of likely N-dealkylation sites (N-methyl/N-ethyl adjacent to an activating group) is 1. The Morgan fingerprint density at radius 1 is 1.04 bits per heavy atom. The average molecular weight is 352 g/mol. The van der Waals surface area contributed by atoms with Crippen molar-refractivity contribution in [3.05, 3.63) is 0 Å². The fraction of sp³-hybridized carbons (Fsp3) is 0.950. The summed E-state index contributed by atoms with van der Waals surface area (Å²) in [6.07, 6.45) is 5.22. The lowest BCUT2D eigenvalue weighted by Crippen LogP contribution is -2.43. The predicted molar refractivity (Wildman–Crippen MR) is 108 cm³/mol. The van der Waals surface area contributed by atoms with Gasteiger partial charge in [0.15, 0.2) is 5.96 Å². The predicted octanol–water partition coefficient (Wildman–Crippen LogP) is 2.49. The summed E-state index contributed by atoms with van der Waals surface area (Å²) >= 11 is 0. The van der Waals surface area contributed by atoms with Crippen LogP contribution in [0.4, 0.5) is 0 Å². The van der Waals surface area contributed by atoms with Crippen LogP contribution in [0.15, 0.2) is 4.99 Å². The minimum Gasteiger partial charge on any atom is -0.357 e. The second-order valence-electron chi connectivity index (χ2n) is 7.51. The van der Waals surface area contributed by atoms with Gasteiger partial charge in [0.1, 0.15) is 0 Å². The van der Waals surface area contributed by atoms with Crippen LogP contribution in [-0.4, -0.2) is 85.6 Å². The normalized spacial score (nSPS) is 23.6. The van der Waals surface area contributed by atoms with E-state index >= 15 is 0 Å². The molecule has 0 amide bonds. The number of aliphatic imine (C=N–C) groups is 1. The molecule has 0 spiro atoms. The number of piperidine rings is 1. The molecule has 0 radical (unpaired) electrons. The molecule has 0 saturated carbocycles. The van der Waals surface area contributed by atoms with E-state index in [-0.39, 0.29) is 0 Å². The fourth-order valence-corrected chi connectivity index (χ4v) is 4.34. The Labute approximate surface area is 155 Å². The van der Waals surface area contributed by atoms with Gasteiger partial charge in [0, 0.05) is 32.2 Å². The first-order chi connectivity index (χ1) is 12.2. The zero-order valence-electron chi connectivity index (χ0n) is 17.1. The number of nitrogens with one attached hydrogen (secondary N) is 1. The molecule has 5 nitrogen and oxygen atoms in total. The Morgan fingerprint density at radius 3 is 2.36 bits per heavy atom. The maximum absolute atomic E-state index is 4.97. The van der Waals surface area contributed by atoms with Crippen molar-refractivity contribution in [3.63, 3.8) is 0 Å². The van der Waals surface area contributed by atoms with Crippen molar-refractivity contribution in [2.24, 2.45) is 10.9 Å². The first-order valence-corrected chi connectivity index (χ1v) is 10.7. The summed E-state index contributed by atoms with van der Waals surface area (Å²) < 4.78 is 0. The Kier molecular flexibility index (Phi) is 9.04. The summed E-state index contributed by atoms with van der Waals surface area (Å²) in [6, 6.07) is 0.692. The largest absolute Gasteiger partial charge is 0.357 e. The van der Waals surface area contributed by atoms with Crippen molar-refractivity contribution in [3.8, 4) is 0 Å². The lowest BCUT2D eigenvalue weighted by atomic mass is 9.94. The topological polar surface area (TPSA) is 34.1 Å². The van der Waals surface area contributed by atoms with E-state index in [0.29, 0.717) is 6.04 Å². The van der Waals surface area contributed by atoms with Gasteiger partial charge in [-0.2, -0.15) is 0 Å². The molecule has 0 aromatic heterocycles. The van der Waals surface area contributed by atoms with Crippen LogP contribution in [0, 0.1) is 5.92 Å². The van der Waals surface area contributed by atoms with E-state index in [2.05, 4.69) is 47.7 Å². The van der Waals surface area contributed by atoms with Crippen molar-refractivity contribution < 1.29 is 0 Å². The number of nitrogens with zero attached hydrogens (tertiary/aromatic N) is 4. The molecule has 2 fully saturated rings. The van der Waals surface area contributed by atoms with Gasteiger partial charge < -0.3 is 15.1 Å². The second-order valence-corrected chi connectivity index (χ2v) is 7.51. The zero-order chi connectivity index (χ0) is 18.1. The van der Waals surface area contributed by atoms with E-state index in [1.165, 1.54) is 45.3 Å². The van der Waals surface area contributed by atoms with Gasteiger partial charge in [-0.15, -0.1) is 0 Å². The quantitative estimate of drug-likeness (QED) is 0.538. The maximum Gasteiger partial charge on any atom is 0.193 e. The van der Waals surface area contributed by atoms with E-state index in [4.69, 9.17) is 4.99 Å². The molecule has 2 saturated heterocycles. The fourth-order valence-electron chi connectivity index (χ4n) is 4.34. The summed E-state index contributed by atoms with van der Waals surface area (Å²) in [6.45, 7) is 19.3. The summed E-state index contributed by atoms with van der Waals surface area (Å²) in [7, 11) is 0. The molecule has 2 aliphatic heterocycles. The highest BCUT2D eigenvalue weighted by Crippen LogP contribution is 2.20. The third kappa shape index (κ3) is 6.14. The number of hydrogen-bond donors (Lipinski definition) is 1. The molecular formula is C20H41N5. The summed E-state index contributed by atoms with van der Waals surface area (Å²) in [5.74, 6) is 2.01. The Bertz CT molecular complexity index is 386. The molecule has 146 valence electrons. The van der Waals surface area contributed by atoms with Crippen molar-refractivity contribution in [1.29, 1.82) is 0 Å². The Morgan fingerprint density at radius 2 is 1.76 bits per heavy atom. The highest BCUT2D eigenvalue weighted by molar-refractivity contribution is 5.80. The number of hydrogen-bond acceptors (Lipinski definition) is 3. The van der Waals surface area contributed by atoms with Crippen LogP contribution >= 0.6 is 0 Å². The molecule has 2 aliphatic rings. The third-order valence-electron chi connectivity index (χ3n) is 6.08. The van der Waals surface area contributed by atoms with Gasteiger partial charge in [0.05, 0.1) is 0 Å². The van der Waals surface area contributed by atoms with E-state index in [1.54, 1.807) is 0 Å². The number of rotatable bonds is 8. The lowest BCUT2D eigenvalue weighted by molar-refractivity contribution is 0.188. The average Bonchev–Trinajstić information content (AvgIpc) is 3.12. The summed E-state index contributed by atoms with van der Waals surface area (Å²) in [5.41, 5.74) is 0. The maximum atomic E-state index is 4.97. The van der Waals surface area contributed by atoms with Crippen LogP contribution in [0.1, 0.15) is 53.4 Å². The molecule has 2 heterocycles. The molecule has 0 bridgehead atoms. The van der Waals surface area contributed by atoms with Crippen molar-refractivity contribution in [2.45, 2.75) is 59.4 Å². The van der Waals surface area contributed by atoms with Gasteiger partial charge >= 0.3 is 0 Å². The minimum absolute atomic E-state index is 0.692. The SMILES string of the molecule is CCNC(=NCCC1CCN(CC)CC1)N1CCC(N(CC)CC)C1. The number of likely N-dealkylation sites (tertiary alicyclic amines) is 2. The summed E-state index contributed by atoms with van der Waals surface area (Å²) in [4.78, 5) is 12.6. The van der Waals surface area contributed by atoms with Crippen LogP contribution in [0.5, 0.6) is 0 Å². The highest BCUT2D eigenvalue weighted by Gasteiger charge is 2.28. The minimum atomic E-state index is 0.692. The number of guanidine groups is 1. The Hall–Kier alpha value is -0.810. The van der Waals surface area contributed by atoms with E-state index < -0.39 is 0 Å². The van der Waals surface area contributed by atoms with Crippen molar-refractivity contribution in [2.75, 3.05) is 58.9 Å². The van der Waals surface area contributed by atoms with Gasteiger partial charge in [-0.3, -0.25) is 9.89 Å². The molecule has 2 rings (SSSR count). The standard InChI is InChI=1S/C20H41N5/c1-5-21-20(25-16-12-19(17-25)24(7-3)8-4)22-13-9-18-10-14-23(6-2)15-11-18/h18-19H,5-17H2,1-4H3,(H,21,22). The van der Waals surface area contributed by atoms with E-state index in [0.717, 1.165) is 51.1 Å². The van der Waals surface area contributed by atoms with E-state index in [9.17, 15) is 0 Å². The first kappa shape index (κ1) is 20.5. The molecule has 25 heavy (non-hydrogen) atoms. The van der Waals surface area contributed by atoms with Crippen LogP contribution in [-0.2, 0) is 0 Å². The van der Waals surface area contributed by atoms with Gasteiger partial charge in [-0.25, -0.2) is 0 Å². The lowest BCUT2D eigenvalue weighted by Gasteiger charge is -2.31. The van der Waals surface area contributed by atoms with Gasteiger partial charge in [0.2, 0.25) is 0 Å². The molecule has 5 heteroatoms. The van der Waals surface area contributed by atoms with Crippen LogP contribution in [0.2, 0.25) is 0 Å². The first-order valence-electron chi connectivity index (χ1n) is 10.7. The van der Waals surface area contributed by atoms with Crippen molar-refractivity contribution in [1.82, 2.24) is 20.0 Å². The van der Waals surface area contributed by atoms with Gasteiger partial charge in [-0.1, -0.05) is 20.8 Å². The monoisotopic (exact) mass is 351 g/mol. The molecule has 0 aromatic rings. The zero-order valence-corrected chi connectivity index (χ0v) is 17.1. The molecule has 1 unspecified atom stereocenters.